The Hall–Kier alpha value is -2.48. The van der Waals surface area contributed by atoms with E-state index in [0.29, 0.717) is 17.1 Å². The number of methoxy groups -OCH3 is 2. The molecule has 1 heterocycles. The number of carbonyl (C=O) groups excluding carboxylic acids is 1. The van der Waals surface area contributed by atoms with Crippen molar-refractivity contribution in [2.75, 3.05) is 14.2 Å². The zero-order valence-electron chi connectivity index (χ0n) is 11.0. The lowest BCUT2D eigenvalue weighted by Crippen LogP contribution is -2.29. The lowest BCUT2D eigenvalue weighted by atomic mass is 9.95. The van der Waals surface area contributed by atoms with Gasteiger partial charge < -0.3 is 9.47 Å². The molecule has 2 rings (SSSR count). The topological polar surface area (TPSA) is 62.6 Å². The Morgan fingerprint density at radius 2 is 2.11 bits per heavy atom. The van der Waals surface area contributed by atoms with Crippen LogP contribution in [0.1, 0.15) is 24.1 Å². The largest absolute Gasteiger partial charge is 0.497 e. The van der Waals surface area contributed by atoms with Crippen molar-refractivity contribution in [3.05, 3.63) is 29.5 Å². The third-order valence-electron chi connectivity index (χ3n) is 3.06. The molecule has 1 aliphatic heterocycles. The number of nitriles is 1. The first kappa shape index (κ1) is 13.0. The van der Waals surface area contributed by atoms with Crippen molar-refractivity contribution in [3.63, 3.8) is 0 Å². The van der Waals surface area contributed by atoms with Crippen molar-refractivity contribution in [1.82, 2.24) is 4.90 Å². The molecular weight excluding hydrogens is 244 g/mol. The summed E-state index contributed by atoms with van der Waals surface area (Å²) in [4.78, 5) is 12.9. The number of hydrogen-bond acceptors (Lipinski definition) is 4. The van der Waals surface area contributed by atoms with Crippen molar-refractivity contribution in [2.45, 2.75) is 13.0 Å². The van der Waals surface area contributed by atoms with Crippen LogP contribution < -0.4 is 9.47 Å². The maximum absolute atomic E-state index is 11.5. The van der Waals surface area contributed by atoms with Gasteiger partial charge in [-0.1, -0.05) is 0 Å². The fourth-order valence-electron chi connectivity index (χ4n) is 2.12. The van der Waals surface area contributed by atoms with Crippen LogP contribution in [0, 0.1) is 11.3 Å². The van der Waals surface area contributed by atoms with Gasteiger partial charge in [0.2, 0.25) is 5.91 Å². The highest BCUT2D eigenvalue weighted by Crippen LogP contribution is 2.38. The van der Waals surface area contributed by atoms with Gasteiger partial charge in [0.15, 0.2) is 0 Å². The van der Waals surface area contributed by atoms with Gasteiger partial charge in [0.1, 0.15) is 17.5 Å². The van der Waals surface area contributed by atoms with Crippen LogP contribution in [0.3, 0.4) is 0 Å². The zero-order chi connectivity index (χ0) is 14.0. The maximum Gasteiger partial charge on any atom is 0.224 e. The van der Waals surface area contributed by atoms with Crippen LogP contribution in [0.2, 0.25) is 0 Å². The van der Waals surface area contributed by atoms with Crippen LogP contribution >= 0.6 is 0 Å². The molecule has 0 bridgehead atoms. The molecule has 1 aliphatic rings. The van der Waals surface area contributed by atoms with E-state index in [1.807, 2.05) is 0 Å². The Morgan fingerprint density at radius 1 is 1.37 bits per heavy atom. The third kappa shape index (κ3) is 2.13. The van der Waals surface area contributed by atoms with E-state index in [-0.39, 0.29) is 5.91 Å². The Balaban J connectivity index is 2.63. The molecule has 0 aromatic heterocycles. The molecule has 1 amide bonds. The summed E-state index contributed by atoms with van der Waals surface area (Å²) < 4.78 is 10.5. The van der Waals surface area contributed by atoms with Gasteiger partial charge in [0, 0.05) is 30.3 Å². The van der Waals surface area contributed by atoms with Crippen molar-refractivity contribution in [3.8, 4) is 17.6 Å². The average Bonchev–Trinajstić information content (AvgIpc) is 2.44. The molecule has 1 aromatic rings. The van der Waals surface area contributed by atoms with E-state index >= 15 is 0 Å². The minimum Gasteiger partial charge on any atom is -0.497 e. The number of nitrogens with zero attached hydrogens (tertiary/aromatic N) is 2. The van der Waals surface area contributed by atoms with Gasteiger partial charge in [-0.15, -0.1) is 0 Å². The van der Waals surface area contributed by atoms with Gasteiger partial charge in [0.05, 0.1) is 20.3 Å². The molecule has 19 heavy (non-hydrogen) atoms. The van der Waals surface area contributed by atoms with E-state index in [1.165, 1.54) is 11.8 Å². The Bertz CT molecular complexity index is 587. The van der Waals surface area contributed by atoms with Gasteiger partial charge in [-0.2, -0.15) is 5.26 Å². The number of hydrogen-bond donors (Lipinski definition) is 0. The molecular formula is C14H14N2O3. The predicted octanol–water partition coefficient (Wildman–Crippen LogP) is 2.10. The molecule has 0 saturated heterocycles. The van der Waals surface area contributed by atoms with Crippen LogP contribution in [-0.4, -0.2) is 25.0 Å². The molecule has 1 atom stereocenters. The number of ether oxygens (including phenoxy) is 2. The molecule has 0 radical (unpaired) electrons. The summed E-state index contributed by atoms with van der Waals surface area (Å²) in [6.07, 6.45) is 3.37. The number of carbonyl (C=O) groups is 1. The summed E-state index contributed by atoms with van der Waals surface area (Å²) in [5.74, 6) is 1.03. The summed E-state index contributed by atoms with van der Waals surface area (Å²) in [5.41, 5.74) is 1.50. The SMILES string of the molecule is COc1cc(OC)c2c(c1)C(C#N)N(C(C)=O)C=C2. The van der Waals surface area contributed by atoms with Crippen LogP contribution in [0.25, 0.3) is 6.08 Å². The minimum atomic E-state index is -0.665. The molecule has 5 heteroatoms. The Kier molecular flexibility index (Phi) is 3.43. The summed E-state index contributed by atoms with van der Waals surface area (Å²) in [5, 5.41) is 9.32. The highest BCUT2D eigenvalue weighted by Gasteiger charge is 2.28. The Morgan fingerprint density at radius 3 is 2.63 bits per heavy atom. The molecule has 0 fully saturated rings. The third-order valence-corrected chi connectivity index (χ3v) is 3.06. The van der Waals surface area contributed by atoms with Gasteiger partial charge in [-0.3, -0.25) is 9.69 Å². The molecule has 5 nitrogen and oxygen atoms in total. The van der Waals surface area contributed by atoms with Gasteiger partial charge in [-0.05, 0) is 12.1 Å². The summed E-state index contributed by atoms with van der Waals surface area (Å²) >= 11 is 0. The molecule has 1 aromatic carbocycles. The first-order chi connectivity index (χ1) is 9.12. The van der Waals surface area contributed by atoms with E-state index in [1.54, 1.807) is 38.6 Å². The van der Waals surface area contributed by atoms with E-state index < -0.39 is 6.04 Å². The monoisotopic (exact) mass is 258 g/mol. The van der Waals surface area contributed by atoms with Crippen LogP contribution in [-0.2, 0) is 4.79 Å². The lowest BCUT2D eigenvalue weighted by molar-refractivity contribution is -0.127. The van der Waals surface area contributed by atoms with Gasteiger partial charge >= 0.3 is 0 Å². The summed E-state index contributed by atoms with van der Waals surface area (Å²) in [6.45, 7) is 1.43. The van der Waals surface area contributed by atoms with Crippen molar-refractivity contribution < 1.29 is 14.3 Å². The first-order valence-electron chi connectivity index (χ1n) is 5.75. The second-order valence-electron chi connectivity index (χ2n) is 4.11. The van der Waals surface area contributed by atoms with Crippen molar-refractivity contribution in [1.29, 1.82) is 5.26 Å². The zero-order valence-corrected chi connectivity index (χ0v) is 11.0. The second kappa shape index (κ2) is 5.02. The highest BCUT2D eigenvalue weighted by atomic mass is 16.5. The van der Waals surface area contributed by atoms with Crippen LogP contribution in [0.5, 0.6) is 11.5 Å². The van der Waals surface area contributed by atoms with Crippen LogP contribution in [0.15, 0.2) is 18.3 Å². The van der Waals surface area contributed by atoms with Gasteiger partial charge in [0.25, 0.3) is 0 Å². The second-order valence-corrected chi connectivity index (χ2v) is 4.11. The standard InChI is InChI=1S/C14H14N2O3/c1-9(17)16-5-4-11-12(13(16)8-15)6-10(18-2)7-14(11)19-3/h4-7,13H,1-3H3. The van der Waals surface area contributed by atoms with Crippen LogP contribution in [0.4, 0.5) is 0 Å². The first-order valence-corrected chi connectivity index (χ1v) is 5.75. The van der Waals surface area contributed by atoms with Crippen molar-refractivity contribution in [2.24, 2.45) is 0 Å². The smallest absolute Gasteiger partial charge is 0.224 e. The number of benzene rings is 1. The minimum absolute atomic E-state index is 0.185. The van der Waals surface area contributed by atoms with Crippen molar-refractivity contribution >= 4 is 12.0 Å². The number of rotatable bonds is 2. The highest BCUT2D eigenvalue weighted by molar-refractivity contribution is 5.79. The molecule has 1 unspecified atom stereocenters. The summed E-state index contributed by atoms with van der Waals surface area (Å²) in [6, 6.07) is 4.98. The fourth-order valence-corrected chi connectivity index (χ4v) is 2.12. The summed E-state index contributed by atoms with van der Waals surface area (Å²) in [7, 11) is 3.10. The number of amides is 1. The predicted molar refractivity (Wildman–Crippen MR) is 69.5 cm³/mol. The molecule has 0 spiro atoms. The van der Waals surface area contributed by atoms with E-state index in [9.17, 15) is 10.1 Å². The maximum atomic E-state index is 11.5. The quantitative estimate of drug-likeness (QED) is 0.815. The molecule has 0 aliphatic carbocycles. The van der Waals surface area contributed by atoms with E-state index in [2.05, 4.69) is 6.07 Å². The Labute approximate surface area is 111 Å². The average molecular weight is 258 g/mol. The molecule has 0 N–H and O–H groups in total. The van der Waals surface area contributed by atoms with E-state index in [0.717, 1.165) is 5.56 Å². The molecule has 0 saturated carbocycles. The molecule has 98 valence electrons. The van der Waals surface area contributed by atoms with E-state index in [4.69, 9.17) is 9.47 Å². The number of fused-ring (bicyclic) bond motifs is 1. The van der Waals surface area contributed by atoms with Gasteiger partial charge in [-0.25, -0.2) is 0 Å². The normalized spacial score (nSPS) is 16.5. The lowest BCUT2D eigenvalue weighted by Gasteiger charge is -2.28. The fraction of sp³-hybridized carbons (Fsp3) is 0.286.